The maximum atomic E-state index is 4.33. The Kier molecular flexibility index (Phi) is 6.44. The SMILES string of the molecule is CCCC/C=[CH]/[Ni]. The Bertz CT molecular complexity index is 48.1. The summed E-state index contributed by atoms with van der Waals surface area (Å²) in [5.41, 5.74) is 0. The van der Waals surface area contributed by atoms with Gasteiger partial charge in [-0.25, -0.2) is 0 Å². The first kappa shape index (κ1) is 7.23. The van der Waals surface area contributed by atoms with Gasteiger partial charge in [0.2, 0.25) is 0 Å². The molecule has 1 heteroatoms. The van der Waals surface area contributed by atoms with Crippen molar-refractivity contribution in [1.29, 1.82) is 0 Å². The first-order valence-corrected chi connectivity index (χ1v) is 3.20. The Balaban J connectivity index is 2.69. The van der Waals surface area contributed by atoms with Crippen LogP contribution in [0.25, 0.3) is 0 Å². The van der Waals surface area contributed by atoms with Crippen LogP contribution in [0.2, 0.25) is 0 Å². The summed E-state index contributed by atoms with van der Waals surface area (Å²) in [4.78, 5) is 0. The molecular weight excluding hydrogens is 131 g/mol. The summed E-state index contributed by atoms with van der Waals surface area (Å²) in [6.07, 6.45) is 5.75. The van der Waals surface area contributed by atoms with Gasteiger partial charge in [0.1, 0.15) is 0 Å². The average molecular weight is 142 g/mol. The number of unbranched alkanes of at least 4 members (excludes halogenated alkanes) is 2. The standard InChI is InChI=1S/C6H11.Ni/c1-3-5-6-4-2;/h1,3H,4-6H2,2H3;. The summed E-state index contributed by atoms with van der Waals surface area (Å²) in [6.45, 7) is 2.18. The van der Waals surface area contributed by atoms with E-state index in [1.54, 1.807) is 5.05 Å². The molecule has 0 spiro atoms. The minimum absolute atomic E-state index is 1.16. The van der Waals surface area contributed by atoms with Gasteiger partial charge in [0.25, 0.3) is 0 Å². The van der Waals surface area contributed by atoms with Crippen molar-refractivity contribution in [3.63, 3.8) is 0 Å². The maximum absolute atomic E-state index is 4.33. The fraction of sp³-hybridized carbons (Fsp3) is 0.667. The van der Waals surface area contributed by atoms with Crippen molar-refractivity contribution < 1.29 is 15.5 Å². The molecule has 0 radical (unpaired) electrons. The van der Waals surface area contributed by atoms with E-state index in [1.807, 2.05) is 6.08 Å². The van der Waals surface area contributed by atoms with Crippen LogP contribution in [0, 0.1) is 0 Å². The summed E-state index contributed by atoms with van der Waals surface area (Å²) in [6, 6.07) is 0. The zero-order valence-corrected chi connectivity index (χ0v) is 5.58. The summed E-state index contributed by atoms with van der Waals surface area (Å²) in [5, 5.41) is 1.73. The molecule has 0 aliphatic heterocycles. The quantitative estimate of drug-likeness (QED) is 0.418. The molecule has 0 aromatic carbocycles. The van der Waals surface area contributed by atoms with Crippen molar-refractivity contribution in [3.05, 3.63) is 11.1 Å². The molecule has 0 aliphatic carbocycles. The molecule has 0 fully saturated rings. The predicted molar refractivity (Wildman–Crippen MR) is 28.7 cm³/mol. The minimum atomic E-state index is 1.16. The van der Waals surface area contributed by atoms with E-state index in [-0.39, 0.29) is 0 Å². The fourth-order valence-corrected chi connectivity index (χ4v) is 0.539. The molecule has 0 heterocycles. The Morgan fingerprint density at radius 1 is 1.57 bits per heavy atom. The van der Waals surface area contributed by atoms with Gasteiger partial charge in [-0.05, 0) is 0 Å². The van der Waals surface area contributed by atoms with Crippen LogP contribution in [-0.2, 0) is 15.5 Å². The molecule has 0 bridgehead atoms. The number of rotatable bonds is 3. The molecule has 0 aliphatic rings. The number of allylic oxidation sites excluding steroid dienone is 1. The van der Waals surface area contributed by atoms with E-state index in [2.05, 4.69) is 22.4 Å². The number of hydrogen-bond donors (Lipinski definition) is 0. The summed E-state index contributed by atoms with van der Waals surface area (Å²) in [7, 11) is 0. The van der Waals surface area contributed by atoms with Gasteiger partial charge in [0.15, 0.2) is 0 Å². The Hall–Kier alpha value is 0.234. The molecule has 0 aromatic rings. The van der Waals surface area contributed by atoms with E-state index >= 15 is 0 Å². The third kappa shape index (κ3) is 6.23. The molecule has 45 valence electrons. The molecule has 0 aromatic heterocycles. The van der Waals surface area contributed by atoms with E-state index < -0.39 is 0 Å². The van der Waals surface area contributed by atoms with Crippen molar-refractivity contribution >= 4 is 0 Å². The van der Waals surface area contributed by atoms with Crippen LogP contribution in [0.15, 0.2) is 11.1 Å². The second-order valence-corrected chi connectivity index (χ2v) is 1.81. The molecule has 7 heavy (non-hydrogen) atoms. The van der Waals surface area contributed by atoms with E-state index in [9.17, 15) is 0 Å². The first-order valence-electron chi connectivity index (χ1n) is 2.63. The Morgan fingerprint density at radius 2 is 2.29 bits per heavy atom. The van der Waals surface area contributed by atoms with Gasteiger partial charge in [0.05, 0.1) is 0 Å². The van der Waals surface area contributed by atoms with Crippen LogP contribution in [-0.4, -0.2) is 0 Å². The van der Waals surface area contributed by atoms with Crippen LogP contribution in [0.3, 0.4) is 0 Å². The zero-order chi connectivity index (χ0) is 5.54. The van der Waals surface area contributed by atoms with Gasteiger partial charge in [-0.15, -0.1) is 0 Å². The molecular formula is C6H11Ni. The van der Waals surface area contributed by atoms with Gasteiger partial charge in [-0.3, -0.25) is 0 Å². The van der Waals surface area contributed by atoms with Crippen molar-refractivity contribution in [2.24, 2.45) is 0 Å². The normalized spacial score (nSPS) is 10.7. The van der Waals surface area contributed by atoms with Crippen LogP contribution in [0.4, 0.5) is 0 Å². The van der Waals surface area contributed by atoms with Crippen molar-refractivity contribution in [3.8, 4) is 0 Å². The summed E-state index contributed by atoms with van der Waals surface area (Å²) >= 11 is 4.33. The van der Waals surface area contributed by atoms with E-state index in [4.69, 9.17) is 0 Å². The first-order chi connectivity index (χ1) is 3.41. The zero-order valence-electron chi connectivity index (χ0n) is 4.59. The molecule has 0 amide bonds. The molecule has 0 nitrogen and oxygen atoms in total. The topological polar surface area (TPSA) is 0 Å². The van der Waals surface area contributed by atoms with E-state index in [0.29, 0.717) is 0 Å². The molecule has 0 atom stereocenters. The Labute approximate surface area is 53.4 Å². The van der Waals surface area contributed by atoms with Gasteiger partial charge in [-0.2, -0.15) is 0 Å². The third-order valence-corrected chi connectivity index (χ3v) is 1.03. The fourth-order valence-electron chi connectivity index (χ4n) is 0.375. The second kappa shape index (κ2) is 6.23. The molecule has 0 rings (SSSR count). The van der Waals surface area contributed by atoms with Gasteiger partial charge >= 0.3 is 52.8 Å². The van der Waals surface area contributed by atoms with Gasteiger partial charge in [-0.1, -0.05) is 0 Å². The number of hydrogen-bond acceptors (Lipinski definition) is 0. The third-order valence-electron chi connectivity index (χ3n) is 0.799. The molecule has 0 N–H and O–H groups in total. The average Bonchev–Trinajstić information content (AvgIpc) is 1.69. The van der Waals surface area contributed by atoms with Crippen LogP contribution < -0.4 is 0 Å². The van der Waals surface area contributed by atoms with Gasteiger partial charge < -0.3 is 0 Å². The van der Waals surface area contributed by atoms with Gasteiger partial charge in [0, 0.05) is 0 Å². The second-order valence-electron chi connectivity index (χ2n) is 1.48. The molecule has 0 saturated carbocycles. The van der Waals surface area contributed by atoms with E-state index in [1.165, 1.54) is 12.8 Å². The summed E-state index contributed by atoms with van der Waals surface area (Å²) < 4.78 is 0. The molecule has 0 unspecified atom stereocenters. The van der Waals surface area contributed by atoms with Crippen LogP contribution in [0.5, 0.6) is 0 Å². The van der Waals surface area contributed by atoms with Crippen LogP contribution >= 0.6 is 0 Å². The monoisotopic (exact) mass is 141 g/mol. The van der Waals surface area contributed by atoms with Crippen LogP contribution in [0.1, 0.15) is 26.2 Å². The Morgan fingerprint density at radius 3 is 2.71 bits per heavy atom. The van der Waals surface area contributed by atoms with Crippen molar-refractivity contribution in [2.45, 2.75) is 26.2 Å². The molecule has 0 saturated heterocycles. The summed E-state index contributed by atoms with van der Waals surface area (Å²) in [5.74, 6) is 0. The predicted octanol–water partition coefficient (Wildman–Crippen LogP) is 2.24. The van der Waals surface area contributed by atoms with Crippen molar-refractivity contribution in [1.82, 2.24) is 0 Å². The van der Waals surface area contributed by atoms with E-state index in [0.717, 1.165) is 6.42 Å². The van der Waals surface area contributed by atoms with Crippen molar-refractivity contribution in [2.75, 3.05) is 0 Å².